The average Bonchev–Trinajstić information content (AvgIpc) is 2.80. The Morgan fingerprint density at radius 2 is 1.67 bits per heavy atom. The van der Waals surface area contributed by atoms with E-state index in [4.69, 9.17) is 5.11 Å². The second kappa shape index (κ2) is 10.0. The molecule has 11 heteroatoms. The highest BCUT2D eigenvalue weighted by Gasteiger charge is 2.20. The third-order valence-electron chi connectivity index (χ3n) is 4.49. The Labute approximate surface area is 188 Å². The predicted molar refractivity (Wildman–Crippen MR) is 115 cm³/mol. The minimum absolute atomic E-state index is 0.0666. The largest absolute Gasteiger partial charge is 0.477 e. The van der Waals surface area contributed by atoms with Gasteiger partial charge in [0.25, 0.3) is 21.8 Å². The number of carboxylic acids is 1. The zero-order valence-corrected chi connectivity index (χ0v) is 17.8. The van der Waals surface area contributed by atoms with Crippen LogP contribution in [0.5, 0.6) is 0 Å². The van der Waals surface area contributed by atoms with Gasteiger partial charge in [-0.1, -0.05) is 18.2 Å². The van der Waals surface area contributed by atoms with E-state index in [0.717, 1.165) is 30.0 Å². The molecule has 0 fully saturated rings. The van der Waals surface area contributed by atoms with Gasteiger partial charge >= 0.3 is 5.97 Å². The highest BCUT2D eigenvalue weighted by molar-refractivity contribution is 7.90. The monoisotopic (exact) mass is 471 g/mol. The molecule has 0 unspecified atom stereocenters. The molecule has 0 spiro atoms. The molecule has 0 aliphatic heterocycles. The summed E-state index contributed by atoms with van der Waals surface area (Å²) in [5.41, 5.74) is 0.435. The van der Waals surface area contributed by atoms with E-state index in [-0.39, 0.29) is 34.1 Å². The molecule has 0 atom stereocenters. The summed E-state index contributed by atoms with van der Waals surface area (Å²) in [6, 6.07) is 13.1. The van der Waals surface area contributed by atoms with Crippen LogP contribution >= 0.6 is 0 Å². The second-order valence-electron chi connectivity index (χ2n) is 6.83. The van der Waals surface area contributed by atoms with Gasteiger partial charge in [0.15, 0.2) is 0 Å². The van der Waals surface area contributed by atoms with Gasteiger partial charge in [-0.25, -0.2) is 27.3 Å². The molecule has 2 amide bonds. The summed E-state index contributed by atoms with van der Waals surface area (Å²) in [5.74, 6) is -3.17. The molecule has 0 aliphatic rings. The minimum atomic E-state index is -4.32. The lowest BCUT2D eigenvalue weighted by molar-refractivity contribution is 0.0689. The molecule has 3 aromatic rings. The van der Waals surface area contributed by atoms with Crippen molar-refractivity contribution < 1.29 is 32.3 Å². The van der Waals surface area contributed by atoms with Crippen LogP contribution in [0.2, 0.25) is 0 Å². The summed E-state index contributed by atoms with van der Waals surface area (Å²) < 4.78 is 40.0. The zero-order valence-electron chi connectivity index (χ0n) is 17.0. The molecule has 3 N–H and O–H groups in total. The first-order chi connectivity index (χ1) is 15.7. The Balaban J connectivity index is 1.65. The highest BCUT2D eigenvalue weighted by atomic mass is 32.2. The Morgan fingerprint density at radius 3 is 2.30 bits per heavy atom. The quantitative estimate of drug-likeness (QED) is 0.456. The summed E-state index contributed by atoms with van der Waals surface area (Å²) in [4.78, 5) is 38.7. The van der Waals surface area contributed by atoms with Crippen LogP contribution in [0.4, 0.5) is 4.39 Å². The smallest absolute Gasteiger partial charge is 0.354 e. The summed E-state index contributed by atoms with van der Waals surface area (Å²) in [5, 5.41) is 11.5. The van der Waals surface area contributed by atoms with Crippen LogP contribution in [0, 0.1) is 5.82 Å². The molecule has 0 saturated heterocycles. The number of carbonyl (C=O) groups excluding carboxylic acids is 2. The number of nitrogens with zero attached hydrogens (tertiary/aromatic N) is 1. The van der Waals surface area contributed by atoms with Crippen molar-refractivity contribution in [1.29, 1.82) is 0 Å². The van der Waals surface area contributed by atoms with Gasteiger partial charge in [0, 0.05) is 18.3 Å². The second-order valence-corrected chi connectivity index (χ2v) is 8.51. The van der Waals surface area contributed by atoms with Crippen LogP contribution in [0.3, 0.4) is 0 Å². The molecular weight excluding hydrogens is 453 g/mol. The van der Waals surface area contributed by atoms with Gasteiger partial charge in [0.2, 0.25) is 0 Å². The van der Waals surface area contributed by atoms with E-state index in [2.05, 4.69) is 10.3 Å². The van der Waals surface area contributed by atoms with Gasteiger partial charge in [-0.3, -0.25) is 9.59 Å². The average molecular weight is 471 g/mol. The number of benzene rings is 2. The molecule has 0 aliphatic carbocycles. The maximum atomic E-state index is 12.9. The van der Waals surface area contributed by atoms with Gasteiger partial charge in [0.1, 0.15) is 11.5 Å². The van der Waals surface area contributed by atoms with Crippen molar-refractivity contribution >= 4 is 27.8 Å². The number of hydrogen-bond donors (Lipinski definition) is 3. The number of amides is 2. The van der Waals surface area contributed by atoms with E-state index in [9.17, 15) is 27.2 Å². The van der Waals surface area contributed by atoms with Crippen LogP contribution in [0.15, 0.2) is 71.8 Å². The van der Waals surface area contributed by atoms with Crippen molar-refractivity contribution in [3.8, 4) is 0 Å². The van der Waals surface area contributed by atoms with E-state index < -0.39 is 27.8 Å². The number of rotatable bonds is 8. The Hall–Kier alpha value is -4.12. The van der Waals surface area contributed by atoms with Crippen LogP contribution in [-0.4, -0.2) is 42.8 Å². The first kappa shape index (κ1) is 23.5. The van der Waals surface area contributed by atoms with Crippen molar-refractivity contribution in [2.45, 2.75) is 11.3 Å². The molecule has 0 bridgehead atoms. The number of pyridine rings is 1. The fraction of sp³-hybridized carbons (Fsp3) is 0.0909. The van der Waals surface area contributed by atoms with Crippen LogP contribution in [-0.2, 0) is 16.4 Å². The van der Waals surface area contributed by atoms with Crippen molar-refractivity contribution in [3.05, 3.63) is 95.1 Å². The van der Waals surface area contributed by atoms with E-state index in [0.29, 0.717) is 6.42 Å². The number of carboxylic acid groups (broad SMARTS) is 1. The van der Waals surface area contributed by atoms with Gasteiger partial charge in [-0.2, -0.15) is 0 Å². The molecule has 0 saturated carbocycles. The first-order valence-electron chi connectivity index (χ1n) is 9.55. The molecule has 3 rings (SSSR count). The molecule has 0 radical (unpaired) electrons. The summed E-state index contributed by atoms with van der Waals surface area (Å²) in [6.45, 7) is 0.248. The maximum absolute atomic E-state index is 12.9. The van der Waals surface area contributed by atoms with Crippen LogP contribution in [0.1, 0.15) is 36.8 Å². The first-order valence-corrected chi connectivity index (χ1v) is 11.0. The summed E-state index contributed by atoms with van der Waals surface area (Å²) in [6.07, 6.45) is 1.40. The van der Waals surface area contributed by atoms with Gasteiger partial charge in [-0.15, -0.1) is 0 Å². The molecule has 1 aromatic heterocycles. The number of aromatic carboxylic acids is 1. The van der Waals surface area contributed by atoms with E-state index in [1.54, 1.807) is 12.1 Å². The van der Waals surface area contributed by atoms with E-state index in [1.165, 1.54) is 30.3 Å². The van der Waals surface area contributed by atoms with E-state index in [1.807, 2.05) is 4.72 Å². The fourth-order valence-electron chi connectivity index (χ4n) is 2.77. The molecule has 2 aromatic carbocycles. The number of halogens is 1. The van der Waals surface area contributed by atoms with Gasteiger partial charge in [-0.05, 0) is 54.4 Å². The SMILES string of the molecule is O=C(NCCc1ccc(F)cc1)c1cccc(S(=O)(=O)NC(=O)c2ccc(C(=O)O)nc2)c1. The van der Waals surface area contributed by atoms with Crippen molar-refractivity contribution in [1.82, 2.24) is 15.0 Å². The molecular formula is C22H18FN3O6S. The zero-order chi connectivity index (χ0) is 24.0. The van der Waals surface area contributed by atoms with Crippen LogP contribution < -0.4 is 10.0 Å². The standard InChI is InChI=1S/C22H18FN3O6S/c23-17-7-4-14(5-8-17)10-11-24-20(27)15-2-1-3-18(12-15)33(31,32)26-21(28)16-6-9-19(22(29)30)25-13-16/h1-9,12-13H,10-11H2,(H,24,27)(H,26,28)(H,29,30). The Kier molecular flexibility index (Phi) is 7.13. The third kappa shape index (κ3) is 6.20. The molecule has 170 valence electrons. The Morgan fingerprint density at radius 1 is 0.939 bits per heavy atom. The third-order valence-corrected chi connectivity index (χ3v) is 5.82. The van der Waals surface area contributed by atoms with E-state index >= 15 is 0 Å². The predicted octanol–water partition coefficient (Wildman–Crippen LogP) is 2.01. The summed E-state index contributed by atoms with van der Waals surface area (Å²) in [7, 11) is -4.32. The number of nitrogens with one attached hydrogen (secondary N) is 2. The molecule has 9 nitrogen and oxygen atoms in total. The lowest BCUT2D eigenvalue weighted by Crippen LogP contribution is -2.31. The Bertz CT molecular complexity index is 1290. The fourth-order valence-corrected chi connectivity index (χ4v) is 3.79. The van der Waals surface area contributed by atoms with Crippen LogP contribution in [0.25, 0.3) is 0 Å². The summed E-state index contributed by atoms with van der Waals surface area (Å²) >= 11 is 0. The molecule has 1 heterocycles. The van der Waals surface area contributed by atoms with Gasteiger partial charge < -0.3 is 10.4 Å². The maximum Gasteiger partial charge on any atom is 0.354 e. The normalized spacial score (nSPS) is 10.9. The lowest BCUT2D eigenvalue weighted by atomic mass is 10.1. The molecule has 33 heavy (non-hydrogen) atoms. The van der Waals surface area contributed by atoms with Gasteiger partial charge in [0.05, 0.1) is 10.5 Å². The van der Waals surface area contributed by atoms with Crippen molar-refractivity contribution in [2.75, 3.05) is 6.54 Å². The van der Waals surface area contributed by atoms with Crippen molar-refractivity contribution in [3.63, 3.8) is 0 Å². The number of aromatic nitrogens is 1. The topological polar surface area (TPSA) is 143 Å². The van der Waals surface area contributed by atoms with Crippen molar-refractivity contribution in [2.24, 2.45) is 0 Å². The number of sulfonamides is 1. The number of hydrogen-bond acceptors (Lipinski definition) is 6. The lowest BCUT2D eigenvalue weighted by Gasteiger charge is -2.09. The minimum Gasteiger partial charge on any atom is -0.477 e. The number of carbonyl (C=O) groups is 3. The highest BCUT2D eigenvalue weighted by Crippen LogP contribution is 2.13.